The van der Waals surface area contributed by atoms with Gasteiger partial charge in [0.15, 0.2) is 5.96 Å². The van der Waals surface area contributed by atoms with Crippen molar-refractivity contribution in [1.82, 2.24) is 15.6 Å². The standard InChI is InChI=1S/C18H26N4O3/c1-4-19-17(22-13-18(3,23)15-9-7-11-25-15)21-12-14-8-6-10-20-16(14)24-5-2/h6-11,23H,4-5,12-13H2,1-3H3,(H2,19,21,22). The summed E-state index contributed by atoms with van der Waals surface area (Å²) in [6.07, 6.45) is 3.24. The van der Waals surface area contributed by atoms with Gasteiger partial charge in [0.05, 0.1) is 26.0 Å². The smallest absolute Gasteiger partial charge is 0.218 e. The number of nitrogens with zero attached hydrogens (tertiary/aromatic N) is 2. The molecule has 0 amide bonds. The van der Waals surface area contributed by atoms with Crippen molar-refractivity contribution in [1.29, 1.82) is 0 Å². The first-order valence-corrected chi connectivity index (χ1v) is 8.42. The Balaban J connectivity index is 2.03. The summed E-state index contributed by atoms with van der Waals surface area (Å²) in [6.45, 7) is 7.54. The summed E-state index contributed by atoms with van der Waals surface area (Å²) in [5, 5.41) is 16.8. The number of nitrogens with one attached hydrogen (secondary N) is 2. The van der Waals surface area contributed by atoms with Crippen LogP contribution in [0.25, 0.3) is 0 Å². The van der Waals surface area contributed by atoms with Crippen molar-refractivity contribution in [3.63, 3.8) is 0 Å². The second kappa shape index (κ2) is 9.08. The van der Waals surface area contributed by atoms with Crippen LogP contribution in [0.15, 0.2) is 46.1 Å². The van der Waals surface area contributed by atoms with E-state index < -0.39 is 5.60 Å². The first kappa shape index (κ1) is 18.8. The van der Waals surface area contributed by atoms with E-state index in [1.807, 2.05) is 26.0 Å². The molecule has 0 saturated carbocycles. The highest BCUT2D eigenvalue weighted by Gasteiger charge is 2.26. The predicted molar refractivity (Wildman–Crippen MR) is 96.5 cm³/mol. The lowest BCUT2D eigenvalue weighted by Crippen LogP contribution is -2.44. The number of aliphatic hydroxyl groups is 1. The minimum atomic E-state index is -1.13. The topological polar surface area (TPSA) is 91.9 Å². The van der Waals surface area contributed by atoms with Crippen LogP contribution in [0.3, 0.4) is 0 Å². The average Bonchev–Trinajstić information content (AvgIpc) is 3.14. The number of aromatic nitrogens is 1. The molecule has 7 nitrogen and oxygen atoms in total. The van der Waals surface area contributed by atoms with Crippen LogP contribution in [-0.4, -0.2) is 35.7 Å². The van der Waals surface area contributed by atoms with Crippen molar-refractivity contribution in [2.75, 3.05) is 19.7 Å². The molecule has 0 bridgehead atoms. The van der Waals surface area contributed by atoms with Gasteiger partial charge in [-0.25, -0.2) is 9.98 Å². The second-order valence-corrected chi connectivity index (χ2v) is 5.70. The minimum Gasteiger partial charge on any atom is -0.478 e. The van der Waals surface area contributed by atoms with Gasteiger partial charge in [0.2, 0.25) is 5.88 Å². The van der Waals surface area contributed by atoms with Crippen molar-refractivity contribution in [2.24, 2.45) is 4.99 Å². The zero-order valence-corrected chi connectivity index (χ0v) is 15.0. The van der Waals surface area contributed by atoms with Crippen LogP contribution in [0.2, 0.25) is 0 Å². The van der Waals surface area contributed by atoms with Crippen molar-refractivity contribution in [3.05, 3.63) is 48.0 Å². The summed E-state index contributed by atoms with van der Waals surface area (Å²) >= 11 is 0. The number of rotatable bonds is 8. The zero-order chi connectivity index (χ0) is 18.1. The first-order chi connectivity index (χ1) is 12.1. The van der Waals surface area contributed by atoms with E-state index in [9.17, 15) is 5.11 Å². The molecule has 0 saturated heterocycles. The number of aliphatic imine (C=N–C) groups is 1. The third kappa shape index (κ3) is 5.49. The van der Waals surface area contributed by atoms with Crippen molar-refractivity contribution in [2.45, 2.75) is 32.9 Å². The zero-order valence-electron chi connectivity index (χ0n) is 15.0. The van der Waals surface area contributed by atoms with Crippen molar-refractivity contribution < 1.29 is 14.3 Å². The summed E-state index contributed by atoms with van der Waals surface area (Å²) in [7, 11) is 0. The lowest BCUT2D eigenvalue weighted by atomic mass is 10.0. The van der Waals surface area contributed by atoms with Crippen LogP contribution in [0, 0.1) is 0 Å². The Morgan fingerprint density at radius 1 is 1.32 bits per heavy atom. The molecule has 2 aromatic rings. The maximum Gasteiger partial charge on any atom is 0.218 e. The Kier molecular flexibility index (Phi) is 6.82. The van der Waals surface area contributed by atoms with E-state index >= 15 is 0 Å². The normalized spacial score (nSPS) is 14.0. The monoisotopic (exact) mass is 346 g/mol. The predicted octanol–water partition coefficient (Wildman–Crippen LogP) is 2.04. The largest absolute Gasteiger partial charge is 0.478 e. The maximum atomic E-state index is 10.5. The van der Waals surface area contributed by atoms with Gasteiger partial charge in [-0.05, 0) is 39.0 Å². The number of furan rings is 1. The van der Waals surface area contributed by atoms with E-state index in [1.54, 1.807) is 31.5 Å². The van der Waals surface area contributed by atoms with Gasteiger partial charge >= 0.3 is 0 Å². The molecule has 0 spiro atoms. The third-order valence-electron chi connectivity index (χ3n) is 3.53. The Bertz CT molecular complexity index is 669. The van der Waals surface area contributed by atoms with Crippen LogP contribution < -0.4 is 15.4 Å². The van der Waals surface area contributed by atoms with Gasteiger partial charge in [0, 0.05) is 18.3 Å². The third-order valence-corrected chi connectivity index (χ3v) is 3.53. The number of ether oxygens (including phenoxy) is 1. The fraction of sp³-hybridized carbons (Fsp3) is 0.444. The number of pyridine rings is 1. The van der Waals surface area contributed by atoms with Crippen LogP contribution in [0.5, 0.6) is 5.88 Å². The summed E-state index contributed by atoms with van der Waals surface area (Å²) in [5.41, 5.74) is -0.232. The maximum absolute atomic E-state index is 10.5. The fourth-order valence-corrected chi connectivity index (χ4v) is 2.25. The van der Waals surface area contributed by atoms with Crippen LogP contribution >= 0.6 is 0 Å². The summed E-state index contributed by atoms with van der Waals surface area (Å²) in [6, 6.07) is 7.29. The summed E-state index contributed by atoms with van der Waals surface area (Å²) in [5.74, 6) is 1.69. The molecule has 3 N–H and O–H groups in total. The molecule has 0 aliphatic carbocycles. The molecule has 0 aliphatic rings. The molecule has 0 fully saturated rings. The van der Waals surface area contributed by atoms with Gasteiger partial charge in [-0.3, -0.25) is 0 Å². The fourth-order valence-electron chi connectivity index (χ4n) is 2.25. The van der Waals surface area contributed by atoms with Crippen LogP contribution in [-0.2, 0) is 12.1 Å². The van der Waals surface area contributed by atoms with Gasteiger partial charge in [-0.1, -0.05) is 6.07 Å². The van der Waals surface area contributed by atoms with E-state index in [-0.39, 0.29) is 6.54 Å². The summed E-state index contributed by atoms with van der Waals surface area (Å²) in [4.78, 5) is 8.77. The Hall–Kier alpha value is -2.54. The minimum absolute atomic E-state index is 0.262. The molecule has 2 aromatic heterocycles. The highest BCUT2D eigenvalue weighted by atomic mass is 16.5. The van der Waals surface area contributed by atoms with E-state index in [0.717, 1.165) is 5.56 Å². The summed E-state index contributed by atoms with van der Waals surface area (Å²) < 4.78 is 10.8. The molecular formula is C18H26N4O3. The first-order valence-electron chi connectivity index (χ1n) is 8.42. The van der Waals surface area contributed by atoms with E-state index in [4.69, 9.17) is 9.15 Å². The Morgan fingerprint density at radius 2 is 2.16 bits per heavy atom. The molecule has 136 valence electrons. The quantitative estimate of drug-likeness (QED) is 0.500. The number of hydrogen-bond acceptors (Lipinski definition) is 5. The lowest BCUT2D eigenvalue weighted by Gasteiger charge is -2.22. The van der Waals surface area contributed by atoms with Gasteiger partial charge in [0.1, 0.15) is 11.4 Å². The highest BCUT2D eigenvalue weighted by molar-refractivity contribution is 5.79. The molecule has 0 radical (unpaired) electrons. The van der Waals surface area contributed by atoms with Gasteiger partial charge in [-0.2, -0.15) is 0 Å². The van der Waals surface area contributed by atoms with E-state index in [1.165, 1.54) is 0 Å². The molecule has 0 aliphatic heterocycles. The molecule has 1 atom stereocenters. The molecular weight excluding hydrogens is 320 g/mol. The highest BCUT2D eigenvalue weighted by Crippen LogP contribution is 2.20. The van der Waals surface area contributed by atoms with Gasteiger partial charge < -0.3 is 24.9 Å². The van der Waals surface area contributed by atoms with Gasteiger partial charge in [0.25, 0.3) is 0 Å². The number of guanidine groups is 1. The molecule has 2 heterocycles. The SMILES string of the molecule is CCNC(=NCc1cccnc1OCC)NCC(C)(O)c1ccco1. The molecule has 1 unspecified atom stereocenters. The van der Waals surface area contributed by atoms with Crippen molar-refractivity contribution >= 4 is 5.96 Å². The Morgan fingerprint density at radius 3 is 2.84 bits per heavy atom. The molecule has 2 rings (SSSR count). The van der Waals surface area contributed by atoms with Crippen LogP contribution in [0.1, 0.15) is 32.1 Å². The van der Waals surface area contributed by atoms with Crippen LogP contribution in [0.4, 0.5) is 0 Å². The average molecular weight is 346 g/mol. The Labute approximate surface area is 148 Å². The second-order valence-electron chi connectivity index (χ2n) is 5.70. The molecule has 7 heteroatoms. The van der Waals surface area contributed by atoms with Crippen molar-refractivity contribution in [3.8, 4) is 5.88 Å². The van der Waals surface area contributed by atoms with E-state index in [2.05, 4.69) is 20.6 Å². The molecule has 25 heavy (non-hydrogen) atoms. The molecule has 0 aromatic carbocycles. The van der Waals surface area contributed by atoms with Gasteiger partial charge in [-0.15, -0.1) is 0 Å². The van der Waals surface area contributed by atoms with E-state index in [0.29, 0.717) is 37.3 Å². The lowest BCUT2D eigenvalue weighted by molar-refractivity contribution is 0.0386. The number of hydrogen-bond donors (Lipinski definition) is 3.